The maximum atomic E-state index is 12.0. The number of hydrogen-bond acceptors (Lipinski definition) is 3. The Hall–Kier alpha value is -3.34. The van der Waals surface area contributed by atoms with Crippen molar-refractivity contribution in [3.8, 4) is 11.5 Å². The minimum absolute atomic E-state index is 0.231. The van der Waals surface area contributed by atoms with Crippen LogP contribution >= 0.6 is 0 Å². The van der Waals surface area contributed by atoms with Gasteiger partial charge in [0.25, 0.3) is 0 Å². The van der Waals surface area contributed by atoms with E-state index in [1.54, 1.807) is 24.5 Å². The Morgan fingerprint density at radius 3 is 2.31 bits per heavy atom. The van der Waals surface area contributed by atoms with Gasteiger partial charge in [0.2, 0.25) is 0 Å². The number of pyridine rings is 1. The summed E-state index contributed by atoms with van der Waals surface area (Å²) >= 11 is 0. The van der Waals surface area contributed by atoms with E-state index in [1.165, 1.54) is 5.56 Å². The van der Waals surface area contributed by atoms with Gasteiger partial charge in [-0.2, -0.15) is 0 Å². The molecule has 0 radical (unpaired) electrons. The van der Waals surface area contributed by atoms with Gasteiger partial charge >= 0.3 is 6.03 Å². The minimum atomic E-state index is -0.231. The Balaban J connectivity index is 1.51. The molecule has 0 atom stereocenters. The van der Waals surface area contributed by atoms with Crippen LogP contribution in [0.5, 0.6) is 11.5 Å². The Morgan fingerprint density at radius 1 is 0.923 bits per heavy atom. The van der Waals surface area contributed by atoms with Gasteiger partial charge in [0.05, 0.1) is 0 Å². The predicted molar refractivity (Wildman–Crippen MR) is 103 cm³/mol. The van der Waals surface area contributed by atoms with Crippen LogP contribution in [0.15, 0.2) is 67.0 Å². The average molecular weight is 347 g/mol. The molecular formula is C21H21N3O2. The molecule has 0 saturated carbocycles. The summed E-state index contributed by atoms with van der Waals surface area (Å²) in [7, 11) is 0. The number of aryl methyl sites for hydroxylation is 2. The number of carbonyl (C=O) groups excluding carboxylic acids is 1. The summed E-state index contributed by atoms with van der Waals surface area (Å²) in [6.45, 7) is 4.50. The number of rotatable bonds is 5. The number of nitrogens with one attached hydrogen (secondary N) is 2. The molecular weight excluding hydrogens is 326 g/mol. The van der Waals surface area contributed by atoms with E-state index in [2.05, 4.69) is 15.6 Å². The van der Waals surface area contributed by atoms with Crippen LogP contribution in [-0.2, 0) is 6.54 Å². The first-order valence-corrected chi connectivity index (χ1v) is 8.39. The van der Waals surface area contributed by atoms with Gasteiger partial charge in [-0.3, -0.25) is 4.98 Å². The average Bonchev–Trinajstić information content (AvgIpc) is 2.65. The van der Waals surface area contributed by atoms with E-state index in [0.717, 1.165) is 28.3 Å². The Kier molecular flexibility index (Phi) is 5.49. The second kappa shape index (κ2) is 8.16. The monoisotopic (exact) mass is 347 g/mol. The van der Waals surface area contributed by atoms with Crippen LogP contribution in [0.4, 0.5) is 10.5 Å². The van der Waals surface area contributed by atoms with Gasteiger partial charge in [-0.15, -0.1) is 0 Å². The molecule has 5 nitrogen and oxygen atoms in total. The second-order valence-electron chi connectivity index (χ2n) is 6.04. The van der Waals surface area contributed by atoms with Crippen LogP contribution < -0.4 is 15.4 Å². The fourth-order valence-electron chi connectivity index (χ4n) is 2.39. The molecule has 2 amide bonds. The molecule has 3 aromatic rings. The summed E-state index contributed by atoms with van der Waals surface area (Å²) in [5, 5.41) is 5.70. The number of aromatic nitrogens is 1. The van der Waals surface area contributed by atoms with Crippen molar-refractivity contribution in [2.45, 2.75) is 20.4 Å². The molecule has 2 aromatic carbocycles. The fraction of sp³-hybridized carbons (Fsp3) is 0.143. The molecule has 0 unspecified atom stereocenters. The van der Waals surface area contributed by atoms with Crippen molar-refractivity contribution in [1.29, 1.82) is 0 Å². The molecule has 5 heteroatoms. The lowest BCUT2D eigenvalue weighted by Crippen LogP contribution is -2.28. The summed E-state index contributed by atoms with van der Waals surface area (Å²) in [5.74, 6) is 1.47. The SMILES string of the molecule is Cc1ccc(NC(=O)NCc2ccc(Oc3ccncc3)cc2)cc1C. The van der Waals surface area contributed by atoms with Crippen molar-refractivity contribution in [3.05, 3.63) is 83.7 Å². The molecule has 0 aliphatic heterocycles. The molecule has 2 N–H and O–H groups in total. The van der Waals surface area contributed by atoms with E-state index in [4.69, 9.17) is 4.74 Å². The van der Waals surface area contributed by atoms with Crippen LogP contribution in [0, 0.1) is 13.8 Å². The number of nitrogens with zero attached hydrogens (tertiary/aromatic N) is 1. The van der Waals surface area contributed by atoms with Crippen molar-refractivity contribution >= 4 is 11.7 Å². The van der Waals surface area contributed by atoms with Crippen molar-refractivity contribution in [1.82, 2.24) is 10.3 Å². The normalized spacial score (nSPS) is 10.2. The summed E-state index contributed by atoms with van der Waals surface area (Å²) in [6.07, 6.45) is 3.36. The highest BCUT2D eigenvalue weighted by Gasteiger charge is 2.04. The van der Waals surface area contributed by atoms with Crippen molar-refractivity contribution < 1.29 is 9.53 Å². The highest BCUT2D eigenvalue weighted by Crippen LogP contribution is 2.20. The van der Waals surface area contributed by atoms with E-state index in [1.807, 2.05) is 56.3 Å². The molecule has 0 spiro atoms. The molecule has 1 heterocycles. The van der Waals surface area contributed by atoms with Crippen LogP contribution in [0.3, 0.4) is 0 Å². The minimum Gasteiger partial charge on any atom is -0.457 e. The molecule has 0 aliphatic rings. The zero-order valence-corrected chi connectivity index (χ0v) is 14.8. The maximum Gasteiger partial charge on any atom is 0.319 e. The van der Waals surface area contributed by atoms with E-state index >= 15 is 0 Å². The van der Waals surface area contributed by atoms with Crippen molar-refractivity contribution in [3.63, 3.8) is 0 Å². The summed E-state index contributed by atoms with van der Waals surface area (Å²) in [6, 6.07) is 16.8. The van der Waals surface area contributed by atoms with Gasteiger partial charge in [0.15, 0.2) is 0 Å². The molecule has 3 rings (SSSR count). The number of urea groups is 1. The highest BCUT2D eigenvalue weighted by atomic mass is 16.5. The number of carbonyl (C=O) groups is 1. The first-order valence-electron chi connectivity index (χ1n) is 8.39. The number of amides is 2. The van der Waals surface area contributed by atoms with Crippen molar-refractivity contribution in [2.75, 3.05) is 5.32 Å². The molecule has 0 aliphatic carbocycles. The fourth-order valence-corrected chi connectivity index (χ4v) is 2.39. The lowest BCUT2D eigenvalue weighted by molar-refractivity contribution is 0.251. The van der Waals surface area contributed by atoms with Crippen LogP contribution in [0.25, 0.3) is 0 Å². The number of ether oxygens (including phenoxy) is 1. The first-order chi connectivity index (χ1) is 12.6. The molecule has 1 aromatic heterocycles. The lowest BCUT2D eigenvalue weighted by Gasteiger charge is -2.10. The molecule has 0 fully saturated rings. The smallest absolute Gasteiger partial charge is 0.319 e. The molecule has 0 saturated heterocycles. The van der Waals surface area contributed by atoms with E-state index < -0.39 is 0 Å². The quantitative estimate of drug-likeness (QED) is 0.696. The largest absolute Gasteiger partial charge is 0.457 e. The molecule has 26 heavy (non-hydrogen) atoms. The predicted octanol–water partition coefficient (Wildman–Crippen LogP) is 4.81. The standard InChI is InChI=1S/C21H21N3O2/c1-15-3-6-18(13-16(15)2)24-21(25)23-14-17-4-7-19(8-5-17)26-20-9-11-22-12-10-20/h3-13H,14H2,1-2H3,(H2,23,24,25). The third kappa shape index (κ3) is 4.83. The van der Waals surface area contributed by atoms with Crippen molar-refractivity contribution in [2.24, 2.45) is 0 Å². The van der Waals surface area contributed by atoms with Crippen LogP contribution in [0.1, 0.15) is 16.7 Å². The maximum absolute atomic E-state index is 12.0. The Labute approximate surface area is 153 Å². The third-order valence-corrected chi connectivity index (χ3v) is 4.03. The summed E-state index contributed by atoms with van der Waals surface area (Å²) < 4.78 is 5.72. The number of hydrogen-bond donors (Lipinski definition) is 2. The van der Waals surface area contributed by atoms with E-state index in [0.29, 0.717) is 6.54 Å². The van der Waals surface area contributed by atoms with Gasteiger partial charge in [0.1, 0.15) is 11.5 Å². The van der Waals surface area contributed by atoms with Gasteiger partial charge in [-0.05, 0) is 66.9 Å². The highest BCUT2D eigenvalue weighted by molar-refractivity contribution is 5.89. The topological polar surface area (TPSA) is 63.2 Å². The van der Waals surface area contributed by atoms with Gasteiger partial charge < -0.3 is 15.4 Å². The van der Waals surface area contributed by atoms with E-state index in [9.17, 15) is 4.79 Å². The first kappa shape index (κ1) is 17.5. The zero-order chi connectivity index (χ0) is 18.4. The molecule has 132 valence electrons. The zero-order valence-electron chi connectivity index (χ0n) is 14.8. The number of benzene rings is 2. The van der Waals surface area contributed by atoms with Gasteiger partial charge in [0, 0.05) is 24.6 Å². The third-order valence-electron chi connectivity index (χ3n) is 4.03. The van der Waals surface area contributed by atoms with Crippen LogP contribution in [-0.4, -0.2) is 11.0 Å². The molecule has 0 bridgehead atoms. The van der Waals surface area contributed by atoms with Crippen LogP contribution in [0.2, 0.25) is 0 Å². The summed E-state index contributed by atoms with van der Waals surface area (Å²) in [5.41, 5.74) is 4.12. The summed E-state index contributed by atoms with van der Waals surface area (Å²) in [4.78, 5) is 16.0. The van der Waals surface area contributed by atoms with E-state index in [-0.39, 0.29) is 6.03 Å². The number of anilines is 1. The Morgan fingerprint density at radius 2 is 1.62 bits per heavy atom. The lowest BCUT2D eigenvalue weighted by atomic mass is 10.1. The van der Waals surface area contributed by atoms with Gasteiger partial charge in [-0.25, -0.2) is 4.79 Å². The Bertz CT molecular complexity index is 878. The van der Waals surface area contributed by atoms with Gasteiger partial charge in [-0.1, -0.05) is 18.2 Å². The second-order valence-corrected chi connectivity index (χ2v) is 6.04.